The molecule has 0 bridgehead atoms. The molecule has 1 aliphatic rings. The van der Waals surface area contributed by atoms with Crippen molar-refractivity contribution in [1.29, 1.82) is 5.41 Å². The predicted octanol–water partition coefficient (Wildman–Crippen LogP) is 0.952. The molecule has 88 valence electrons. The van der Waals surface area contributed by atoms with Crippen LogP contribution in [0.25, 0.3) is 0 Å². The summed E-state index contributed by atoms with van der Waals surface area (Å²) < 4.78 is 0. The SMILES string of the molecule is C/C(N[C@H]1C[C@@H](C(C)=O)C1)=C(/C=N)C(=O)O. The molecule has 0 radical (unpaired) electrons. The number of aliphatic carboxylic acids is 1. The van der Waals surface area contributed by atoms with Crippen molar-refractivity contribution >= 4 is 18.0 Å². The summed E-state index contributed by atoms with van der Waals surface area (Å²) in [5.41, 5.74) is 0.445. The number of carbonyl (C=O) groups is 2. The molecule has 0 aliphatic heterocycles. The molecule has 0 aromatic heterocycles. The second-order valence-electron chi connectivity index (χ2n) is 4.11. The Kier molecular flexibility index (Phi) is 3.82. The summed E-state index contributed by atoms with van der Waals surface area (Å²) in [5, 5.41) is 18.8. The maximum atomic E-state index is 11.0. The minimum absolute atomic E-state index is 0.0359. The van der Waals surface area contributed by atoms with Gasteiger partial charge in [-0.1, -0.05) is 0 Å². The van der Waals surface area contributed by atoms with Gasteiger partial charge in [0.15, 0.2) is 0 Å². The Morgan fingerprint density at radius 3 is 2.31 bits per heavy atom. The summed E-state index contributed by atoms with van der Waals surface area (Å²) in [4.78, 5) is 21.7. The van der Waals surface area contributed by atoms with E-state index in [1.807, 2.05) is 0 Å². The summed E-state index contributed by atoms with van der Waals surface area (Å²) in [5.74, 6) is -0.814. The molecule has 5 heteroatoms. The Hall–Kier alpha value is -1.65. The lowest BCUT2D eigenvalue weighted by atomic mass is 9.78. The standard InChI is InChI=1S/C11H16N2O3/c1-6(10(5-12)11(15)16)13-9-3-8(4-9)7(2)14/h5,8-9,12-13H,3-4H2,1-2H3,(H,15,16)/b10-6+,12-5?/t8-,9+. The fourth-order valence-corrected chi connectivity index (χ4v) is 1.78. The van der Waals surface area contributed by atoms with Crippen LogP contribution in [0.1, 0.15) is 26.7 Å². The first kappa shape index (κ1) is 12.4. The first-order chi connectivity index (χ1) is 7.45. The monoisotopic (exact) mass is 224 g/mol. The molecule has 0 heterocycles. The number of carboxylic acids is 1. The number of ketones is 1. The number of hydrogen-bond donors (Lipinski definition) is 3. The highest BCUT2D eigenvalue weighted by Gasteiger charge is 2.32. The number of hydrogen-bond acceptors (Lipinski definition) is 4. The molecule has 1 aliphatic carbocycles. The minimum atomic E-state index is -1.11. The Balaban J connectivity index is 2.53. The van der Waals surface area contributed by atoms with Crippen LogP contribution in [0, 0.1) is 11.3 Å². The Morgan fingerprint density at radius 2 is 1.94 bits per heavy atom. The van der Waals surface area contributed by atoms with Gasteiger partial charge in [0.1, 0.15) is 5.78 Å². The number of carbonyl (C=O) groups excluding carboxylic acids is 1. The van der Waals surface area contributed by atoms with Gasteiger partial charge in [0.05, 0.1) is 5.57 Å². The number of rotatable bonds is 5. The van der Waals surface area contributed by atoms with Crippen LogP contribution in [-0.4, -0.2) is 29.1 Å². The van der Waals surface area contributed by atoms with Crippen molar-refractivity contribution < 1.29 is 14.7 Å². The normalized spacial score (nSPS) is 25.1. The highest BCUT2D eigenvalue weighted by molar-refractivity contribution is 6.08. The van der Waals surface area contributed by atoms with Gasteiger partial charge in [-0.15, -0.1) is 0 Å². The van der Waals surface area contributed by atoms with E-state index in [0.29, 0.717) is 5.70 Å². The van der Waals surface area contributed by atoms with E-state index in [-0.39, 0.29) is 23.3 Å². The third-order valence-electron chi connectivity index (χ3n) is 2.91. The van der Waals surface area contributed by atoms with Gasteiger partial charge in [-0.3, -0.25) is 4.79 Å². The first-order valence-corrected chi connectivity index (χ1v) is 5.17. The van der Waals surface area contributed by atoms with Crippen LogP contribution in [-0.2, 0) is 9.59 Å². The zero-order chi connectivity index (χ0) is 12.3. The van der Waals surface area contributed by atoms with Gasteiger partial charge in [0, 0.05) is 23.9 Å². The van der Waals surface area contributed by atoms with Crippen LogP contribution in [0.15, 0.2) is 11.3 Å². The summed E-state index contributed by atoms with van der Waals surface area (Å²) in [7, 11) is 0. The number of nitrogens with one attached hydrogen (secondary N) is 2. The molecule has 16 heavy (non-hydrogen) atoms. The maximum Gasteiger partial charge on any atom is 0.338 e. The Morgan fingerprint density at radius 1 is 1.38 bits per heavy atom. The molecular formula is C11H16N2O3. The van der Waals surface area contributed by atoms with Crippen LogP contribution < -0.4 is 5.32 Å². The first-order valence-electron chi connectivity index (χ1n) is 5.17. The molecule has 3 N–H and O–H groups in total. The number of Topliss-reactive ketones (excluding diaryl/α,β-unsaturated/α-hetero) is 1. The topological polar surface area (TPSA) is 90.3 Å². The largest absolute Gasteiger partial charge is 0.478 e. The number of carboxylic acid groups (broad SMARTS) is 1. The molecule has 0 aromatic carbocycles. The molecule has 0 spiro atoms. The van der Waals surface area contributed by atoms with E-state index in [2.05, 4.69) is 5.32 Å². The molecule has 1 rings (SSSR count). The van der Waals surface area contributed by atoms with Crippen molar-refractivity contribution in [2.75, 3.05) is 0 Å². The van der Waals surface area contributed by atoms with E-state index in [1.54, 1.807) is 13.8 Å². The van der Waals surface area contributed by atoms with E-state index in [0.717, 1.165) is 19.1 Å². The smallest absolute Gasteiger partial charge is 0.338 e. The maximum absolute atomic E-state index is 11.0. The second kappa shape index (κ2) is 4.92. The van der Waals surface area contributed by atoms with Gasteiger partial charge >= 0.3 is 5.97 Å². The van der Waals surface area contributed by atoms with Gasteiger partial charge < -0.3 is 15.8 Å². The Bertz CT molecular complexity index is 354. The van der Waals surface area contributed by atoms with Crippen molar-refractivity contribution in [2.24, 2.45) is 5.92 Å². The molecule has 1 fully saturated rings. The van der Waals surface area contributed by atoms with Crippen LogP contribution in [0.3, 0.4) is 0 Å². The lowest BCUT2D eigenvalue weighted by molar-refractivity contribution is -0.132. The van der Waals surface area contributed by atoms with Crippen molar-refractivity contribution in [3.8, 4) is 0 Å². The summed E-state index contributed by atoms with van der Waals surface area (Å²) in [6, 6.07) is 0.156. The van der Waals surface area contributed by atoms with Crippen LogP contribution in [0.2, 0.25) is 0 Å². The molecule has 1 saturated carbocycles. The van der Waals surface area contributed by atoms with Gasteiger partial charge in [-0.05, 0) is 26.7 Å². The zero-order valence-electron chi connectivity index (χ0n) is 9.41. The van der Waals surface area contributed by atoms with Crippen LogP contribution >= 0.6 is 0 Å². The van der Waals surface area contributed by atoms with Crippen LogP contribution in [0.4, 0.5) is 0 Å². The zero-order valence-corrected chi connectivity index (χ0v) is 9.41. The molecular weight excluding hydrogens is 208 g/mol. The highest BCUT2D eigenvalue weighted by atomic mass is 16.4. The quantitative estimate of drug-likeness (QED) is 0.479. The fraction of sp³-hybridized carbons (Fsp3) is 0.545. The molecule has 0 aromatic rings. The van der Waals surface area contributed by atoms with Crippen molar-refractivity contribution in [2.45, 2.75) is 32.7 Å². The van der Waals surface area contributed by atoms with Gasteiger partial charge in [0.25, 0.3) is 0 Å². The summed E-state index contributed by atoms with van der Waals surface area (Å²) in [6.07, 6.45) is 2.32. The third kappa shape index (κ3) is 2.68. The molecule has 0 unspecified atom stereocenters. The molecule has 0 saturated heterocycles. The van der Waals surface area contributed by atoms with E-state index in [9.17, 15) is 9.59 Å². The third-order valence-corrected chi connectivity index (χ3v) is 2.91. The van der Waals surface area contributed by atoms with Gasteiger partial charge in [-0.25, -0.2) is 4.79 Å². The van der Waals surface area contributed by atoms with Crippen molar-refractivity contribution in [1.82, 2.24) is 5.32 Å². The average Bonchev–Trinajstić information content (AvgIpc) is 2.10. The van der Waals surface area contributed by atoms with Gasteiger partial charge in [0.2, 0.25) is 0 Å². The van der Waals surface area contributed by atoms with Crippen molar-refractivity contribution in [3.05, 3.63) is 11.3 Å². The Labute approximate surface area is 94.0 Å². The van der Waals surface area contributed by atoms with Gasteiger partial charge in [-0.2, -0.15) is 0 Å². The average molecular weight is 224 g/mol. The number of allylic oxidation sites excluding steroid dienone is 1. The van der Waals surface area contributed by atoms with Crippen molar-refractivity contribution in [3.63, 3.8) is 0 Å². The summed E-state index contributed by atoms with van der Waals surface area (Å²) >= 11 is 0. The predicted molar refractivity (Wildman–Crippen MR) is 59.4 cm³/mol. The van der Waals surface area contributed by atoms with E-state index >= 15 is 0 Å². The van der Waals surface area contributed by atoms with E-state index in [1.165, 1.54) is 0 Å². The highest BCUT2D eigenvalue weighted by Crippen LogP contribution is 2.28. The molecule has 0 atom stereocenters. The molecule has 5 nitrogen and oxygen atoms in total. The molecule has 0 amide bonds. The lowest BCUT2D eigenvalue weighted by Gasteiger charge is -2.35. The van der Waals surface area contributed by atoms with E-state index in [4.69, 9.17) is 10.5 Å². The minimum Gasteiger partial charge on any atom is -0.478 e. The second-order valence-corrected chi connectivity index (χ2v) is 4.11. The summed E-state index contributed by atoms with van der Waals surface area (Å²) in [6.45, 7) is 3.21. The lowest BCUT2D eigenvalue weighted by Crippen LogP contribution is -2.43. The van der Waals surface area contributed by atoms with E-state index < -0.39 is 5.97 Å². The van der Waals surface area contributed by atoms with Crippen LogP contribution in [0.5, 0.6) is 0 Å². The fourth-order valence-electron chi connectivity index (χ4n) is 1.78.